The molecule has 0 saturated carbocycles. The number of aryl methyl sites for hydroxylation is 2. The molecule has 0 aliphatic carbocycles. The standard InChI is InChI=1S/C55H46OS6/c1-31-34-25-35(54(3,4)5)28-38(31)37-14-13-33(53(56)52-22-21-51(62-52)50-20-18-47(61-50)45-12-10-24-58-45)26-41(37)39-29-36(55(6,7)8)30-40(32(39)2)42(27-34)43-15-16-48(59-43)49-19-17-46(60-49)44-11-9-23-57-44/h9-30H,1-8H3. The van der Waals surface area contributed by atoms with Crippen LogP contribution in [0, 0.1) is 13.8 Å². The highest BCUT2D eigenvalue weighted by molar-refractivity contribution is 7.27. The van der Waals surface area contributed by atoms with E-state index in [1.165, 1.54) is 88.4 Å². The molecule has 10 rings (SSSR count). The number of ketones is 1. The number of hydrogen-bond acceptors (Lipinski definition) is 7. The monoisotopic (exact) mass is 914 g/mol. The average Bonchev–Trinajstić information content (AvgIpc) is 4.10. The maximum Gasteiger partial charge on any atom is 0.202 e. The minimum absolute atomic E-state index is 0.0596. The molecule has 0 unspecified atom stereocenters. The maximum absolute atomic E-state index is 14.6. The van der Waals surface area contributed by atoms with Gasteiger partial charge in [-0.15, -0.1) is 68.0 Å². The van der Waals surface area contributed by atoms with Crippen LogP contribution in [0.15, 0.2) is 132 Å². The van der Waals surface area contributed by atoms with Crippen molar-refractivity contribution in [2.24, 2.45) is 0 Å². The third-order valence-corrected chi connectivity index (χ3v) is 18.9. The lowest BCUT2D eigenvalue weighted by Gasteiger charge is -2.23. The van der Waals surface area contributed by atoms with E-state index in [0.717, 1.165) is 20.5 Å². The minimum Gasteiger partial charge on any atom is -0.288 e. The summed E-state index contributed by atoms with van der Waals surface area (Å²) in [6, 6.07) is 44.9. The summed E-state index contributed by atoms with van der Waals surface area (Å²) in [5.74, 6) is 0.0596. The summed E-state index contributed by atoms with van der Waals surface area (Å²) in [6.45, 7) is 18.4. The van der Waals surface area contributed by atoms with Crippen molar-refractivity contribution >= 4 is 106 Å². The first-order valence-electron chi connectivity index (χ1n) is 20.9. The Labute approximate surface area is 388 Å². The van der Waals surface area contributed by atoms with Crippen LogP contribution in [0.4, 0.5) is 0 Å². The number of carbonyl (C=O) groups excluding carboxylic acids is 1. The lowest BCUT2D eigenvalue weighted by molar-refractivity contribution is 0.104. The zero-order valence-corrected chi connectivity index (χ0v) is 41.0. The number of thiophene rings is 6. The predicted molar refractivity (Wildman–Crippen MR) is 279 cm³/mol. The Balaban J connectivity index is 1.20. The fourth-order valence-electron chi connectivity index (χ4n) is 8.28. The van der Waals surface area contributed by atoms with Gasteiger partial charge >= 0.3 is 0 Å². The molecule has 6 aromatic heterocycles. The topological polar surface area (TPSA) is 17.1 Å². The number of hydrogen-bond donors (Lipinski definition) is 0. The smallest absolute Gasteiger partial charge is 0.202 e. The zero-order chi connectivity index (χ0) is 43.1. The van der Waals surface area contributed by atoms with Gasteiger partial charge in [-0.05, 0) is 168 Å². The van der Waals surface area contributed by atoms with Crippen LogP contribution in [0.3, 0.4) is 0 Å². The summed E-state index contributed by atoms with van der Waals surface area (Å²) >= 11 is 10.7. The Morgan fingerprint density at radius 1 is 0.419 bits per heavy atom. The highest BCUT2D eigenvalue weighted by Crippen LogP contribution is 2.46. The van der Waals surface area contributed by atoms with Gasteiger partial charge in [-0.2, -0.15) is 0 Å². The van der Waals surface area contributed by atoms with E-state index in [4.69, 9.17) is 0 Å². The molecule has 0 aliphatic heterocycles. The van der Waals surface area contributed by atoms with E-state index in [1.807, 2.05) is 28.7 Å². The molecule has 0 saturated heterocycles. The van der Waals surface area contributed by atoms with E-state index >= 15 is 0 Å². The number of carbonyl (C=O) groups is 1. The maximum atomic E-state index is 14.6. The lowest BCUT2D eigenvalue weighted by atomic mass is 9.81. The van der Waals surface area contributed by atoms with Gasteiger partial charge in [0.2, 0.25) is 5.78 Å². The summed E-state index contributed by atoms with van der Waals surface area (Å²) < 4.78 is 0. The molecule has 0 spiro atoms. The molecule has 7 heteroatoms. The molecular formula is C55H46OS6. The average molecular weight is 915 g/mol. The van der Waals surface area contributed by atoms with E-state index in [-0.39, 0.29) is 16.6 Å². The summed E-state index contributed by atoms with van der Waals surface area (Å²) in [4.78, 5) is 26.7. The van der Waals surface area contributed by atoms with Gasteiger partial charge in [0, 0.05) is 49.5 Å². The Kier molecular flexibility index (Phi) is 10.5. The van der Waals surface area contributed by atoms with Crippen molar-refractivity contribution in [1.29, 1.82) is 0 Å². The number of rotatable bonds is 7. The summed E-state index contributed by atoms with van der Waals surface area (Å²) in [5.41, 5.74) is 6.78. The van der Waals surface area contributed by atoms with Gasteiger partial charge in [-0.1, -0.05) is 90.1 Å². The molecule has 308 valence electrons. The molecule has 4 aromatic carbocycles. The van der Waals surface area contributed by atoms with Crippen molar-refractivity contribution in [3.8, 4) is 49.5 Å². The molecule has 0 N–H and O–H groups in total. The normalized spacial score (nSPS) is 12.3. The largest absolute Gasteiger partial charge is 0.288 e. The van der Waals surface area contributed by atoms with Crippen LogP contribution < -0.4 is 0 Å². The van der Waals surface area contributed by atoms with Crippen molar-refractivity contribution < 1.29 is 4.79 Å². The van der Waals surface area contributed by atoms with Crippen LogP contribution in [0.2, 0.25) is 0 Å². The third-order valence-electron chi connectivity index (χ3n) is 12.0. The van der Waals surface area contributed by atoms with Crippen molar-refractivity contribution in [3.05, 3.63) is 165 Å². The van der Waals surface area contributed by atoms with Gasteiger partial charge in [0.25, 0.3) is 0 Å². The van der Waals surface area contributed by atoms with Crippen molar-refractivity contribution in [2.75, 3.05) is 0 Å². The molecule has 0 aliphatic rings. The quantitative estimate of drug-likeness (QED) is 0.146. The lowest BCUT2D eigenvalue weighted by Crippen LogP contribution is -2.11. The van der Waals surface area contributed by atoms with Gasteiger partial charge in [-0.3, -0.25) is 4.79 Å². The van der Waals surface area contributed by atoms with Crippen molar-refractivity contribution in [2.45, 2.75) is 66.2 Å². The Morgan fingerprint density at radius 3 is 1.47 bits per heavy atom. The van der Waals surface area contributed by atoms with E-state index in [2.05, 4.69) is 181 Å². The second kappa shape index (κ2) is 15.8. The van der Waals surface area contributed by atoms with Crippen LogP contribution in [-0.4, -0.2) is 5.78 Å². The first kappa shape index (κ1) is 41.3. The molecule has 6 heterocycles. The number of fused-ring (bicyclic) bond motifs is 7. The second-order valence-corrected chi connectivity index (χ2v) is 24.4. The second-order valence-electron chi connectivity index (χ2n) is 18.2. The Morgan fingerprint density at radius 2 is 0.903 bits per heavy atom. The van der Waals surface area contributed by atoms with Crippen LogP contribution >= 0.6 is 68.0 Å². The first-order chi connectivity index (χ1) is 29.7. The molecule has 0 amide bonds. The Hall–Kier alpha value is -4.73. The zero-order valence-electron chi connectivity index (χ0n) is 36.1. The van der Waals surface area contributed by atoms with Gasteiger partial charge in [0.05, 0.1) is 4.88 Å². The fraction of sp³-hybridized carbons (Fsp3) is 0.182. The van der Waals surface area contributed by atoms with Gasteiger partial charge in [0.1, 0.15) is 0 Å². The van der Waals surface area contributed by atoms with Gasteiger partial charge in [0.15, 0.2) is 0 Å². The molecule has 0 radical (unpaired) electrons. The van der Waals surface area contributed by atoms with Crippen LogP contribution in [-0.2, 0) is 10.8 Å². The van der Waals surface area contributed by atoms with Crippen molar-refractivity contribution in [3.63, 3.8) is 0 Å². The summed E-state index contributed by atoms with van der Waals surface area (Å²) in [7, 11) is 0. The summed E-state index contributed by atoms with van der Waals surface area (Å²) in [6.07, 6.45) is 0. The fourth-order valence-corrected chi connectivity index (χ4v) is 14.1. The van der Waals surface area contributed by atoms with E-state index in [9.17, 15) is 4.79 Å². The predicted octanol–water partition coefficient (Wildman–Crippen LogP) is 18.9. The van der Waals surface area contributed by atoms with Crippen LogP contribution in [0.5, 0.6) is 0 Å². The minimum atomic E-state index is -0.113. The third kappa shape index (κ3) is 7.61. The van der Waals surface area contributed by atoms with Gasteiger partial charge in [-0.25, -0.2) is 0 Å². The summed E-state index contributed by atoms with van der Waals surface area (Å²) in [5, 5.41) is 11.4. The molecule has 4 bridgehead atoms. The van der Waals surface area contributed by atoms with Crippen molar-refractivity contribution in [1.82, 2.24) is 0 Å². The van der Waals surface area contributed by atoms with Crippen LogP contribution in [0.25, 0.3) is 81.8 Å². The first-order valence-corrected chi connectivity index (χ1v) is 25.9. The molecule has 0 atom stereocenters. The van der Waals surface area contributed by atoms with E-state index in [1.54, 1.807) is 45.3 Å². The van der Waals surface area contributed by atoms with E-state index < -0.39 is 0 Å². The molecule has 62 heavy (non-hydrogen) atoms. The Bertz CT molecular complexity index is 3350. The molecule has 10 aromatic rings. The van der Waals surface area contributed by atoms with Gasteiger partial charge < -0.3 is 0 Å². The number of benzene rings is 3. The molecule has 0 fully saturated rings. The molecular weight excluding hydrogens is 869 g/mol. The van der Waals surface area contributed by atoms with E-state index in [0.29, 0.717) is 5.56 Å². The molecule has 1 nitrogen and oxygen atoms in total. The highest BCUT2D eigenvalue weighted by atomic mass is 32.1. The highest BCUT2D eigenvalue weighted by Gasteiger charge is 2.22. The SMILES string of the molecule is Cc1c2cc(C(C)(C)C)cc1c1ccc(C(=O)c3ccc(-c4ccc(-c5cccs5)s4)s3)cc1c1cc(C(C)(C)C)cc(c(-c3ccc(-c4ccc(-c5cccs5)s4)s3)c2)c1C. The van der Waals surface area contributed by atoms with Crippen LogP contribution in [0.1, 0.15) is 79.0 Å².